The molecule has 0 saturated carbocycles. The van der Waals surface area contributed by atoms with E-state index in [1.807, 2.05) is 0 Å². The largest absolute Gasteiger partial charge is 0.245 e. The molecule has 0 aliphatic heterocycles. The van der Waals surface area contributed by atoms with Gasteiger partial charge in [-0.3, -0.25) is 0 Å². The summed E-state index contributed by atoms with van der Waals surface area (Å²) < 4.78 is 24.2. The smallest absolute Gasteiger partial charge is 0.243 e. The van der Waals surface area contributed by atoms with Crippen LogP contribution in [0.5, 0.6) is 0 Å². The summed E-state index contributed by atoms with van der Waals surface area (Å²) in [5.74, 6) is 0. The van der Waals surface area contributed by atoms with Crippen LogP contribution >= 0.6 is 11.6 Å². The summed E-state index contributed by atoms with van der Waals surface area (Å²) in [6.07, 6.45) is 1.44. The lowest BCUT2D eigenvalue weighted by molar-refractivity contribution is 0.520. The number of sulfonamides is 1. The fourth-order valence-corrected chi connectivity index (χ4v) is 2.08. The molecule has 1 rings (SSSR count). The lowest BCUT2D eigenvalue weighted by atomic mass is 10.5. The topological polar surface area (TPSA) is 50.3 Å². The van der Waals surface area contributed by atoms with Gasteiger partial charge in [-0.15, -0.1) is 0 Å². The molecule has 0 aliphatic rings. The van der Waals surface area contributed by atoms with E-state index in [1.165, 1.54) is 32.4 Å². The number of hydrogen-bond donors (Lipinski definition) is 0. The predicted molar refractivity (Wildman–Crippen MR) is 50.1 cm³/mol. The molecule has 1 aromatic heterocycles. The predicted octanol–water partition coefficient (Wildman–Crippen LogP) is 0.985. The van der Waals surface area contributed by atoms with Gasteiger partial charge in [-0.1, -0.05) is 11.6 Å². The van der Waals surface area contributed by atoms with Crippen molar-refractivity contribution in [2.24, 2.45) is 0 Å². The van der Waals surface area contributed by atoms with E-state index in [9.17, 15) is 8.42 Å². The Labute approximate surface area is 82.2 Å². The first-order valence-electron chi connectivity index (χ1n) is 3.49. The van der Waals surface area contributed by atoms with Crippen LogP contribution in [0.2, 0.25) is 5.15 Å². The van der Waals surface area contributed by atoms with Crippen LogP contribution in [0.4, 0.5) is 0 Å². The van der Waals surface area contributed by atoms with Crippen molar-refractivity contribution in [2.75, 3.05) is 14.1 Å². The highest BCUT2D eigenvalue weighted by Gasteiger charge is 2.20. The molecule has 6 heteroatoms. The van der Waals surface area contributed by atoms with E-state index in [0.29, 0.717) is 0 Å². The summed E-state index contributed by atoms with van der Waals surface area (Å²) in [6, 6.07) is 2.95. The van der Waals surface area contributed by atoms with Gasteiger partial charge in [0.25, 0.3) is 0 Å². The van der Waals surface area contributed by atoms with Gasteiger partial charge in [0.05, 0.1) is 0 Å². The van der Waals surface area contributed by atoms with Gasteiger partial charge in [0.1, 0.15) is 10.0 Å². The van der Waals surface area contributed by atoms with Gasteiger partial charge >= 0.3 is 0 Å². The van der Waals surface area contributed by atoms with E-state index >= 15 is 0 Å². The van der Waals surface area contributed by atoms with Crippen molar-refractivity contribution in [2.45, 2.75) is 4.90 Å². The van der Waals surface area contributed by atoms with Crippen molar-refractivity contribution >= 4 is 21.6 Å². The van der Waals surface area contributed by atoms with E-state index in [1.54, 1.807) is 0 Å². The molecule has 4 nitrogen and oxygen atoms in total. The van der Waals surface area contributed by atoms with Crippen LogP contribution in [-0.4, -0.2) is 31.8 Å². The number of hydrogen-bond acceptors (Lipinski definition) is 3. The molecule has 0 spiro atoms. The summed E-state index contributed by atoms with van der Waals surface area (Å²) in [5.41, 5.74) is 0. The third-order valence-corrected chi connectivity index (χ3v) is 3.74. The van der Waals surface area contributed by atoms with Crippen molar-refractivity contribution in [3.05, 3.63) is 23.5 Å². The molecule has 0 aliphatic carbocycles. The normalized spacial score (nSPS) is 12.0. The minimum Gasteiger partial charge on any atom is -0.243 e. The Balaban J connectivity index is 3.32. The molecule has 0 atom stereocenters. The van der Waals surface area contributed by atoms with Crippen LogP contribution in [0.1, 0.15) is 0 Å². The minimum atomic E-state index is -3.47. The molecule has 0 radical (unpaired) electrons. The Morgan fingerprint density at radius 2 is 2.08 bits per heavy atom. The van der Waals surface area contributed by atoms with Gasteiger partial charge in [0, 0.05) is 20.3 Å². The number of pyridine rings is 1. The minimum absolute atomic E-state index is 0.00352. The van der Waals surface area contributed by atoms with E-state index < -0.39 is 10.0 Å². The molecule has 1 heterocycles. The molecule has 0 saturated heterocycles. The van der Waals surface area contributed by atoms with Crippen molar-refractivity contribution in [1.29, 1.82) is 0 Å². The first-order chi connectivity index (χ1) is 5.96. The fourth-order valence-electron chi connectivity index (χ4n) is 0.760. The maximum atomic E-state index is 11.6. The van der Waals surface area contributed by atoms with Gasteiger partial charge < -0.3 is 0 Å². The SMILES string of the molecule is CN(C)S(=O)(=O)c1cccnc1Cl. The van der Waals surface area contributed by atoms with Crippen molar-refractivity contribution in [3.63, 3.8) is 0 Å². The molecule has 0 unspecified atom stereocenters. The van der Waals surface area contributed by atoms with E-state index in [-0.39, 0.29) is 10.0 Å². The lowest BCUT2D eigenvalue weighted by Gasteiger charge is -2.11. The molecule has 72 valence electrons. The molecular formula is C7H9ClN2O2S. The highest BCUT2D eigenvalue weighted by molar-refractivity contribution is 7.89. The van der Waals surface area contributed by atoms with Crippen molar-refractivity contribution in [3.8, 4) is 0 Å². The van der Waals surface area contributed by atoms with Crippen molar-refractivity contribution in [1.82, 2.24) is 9.29 Å². The quantitative estimate of drug-likeness (QED) is 0.699. The summed E-state index contributed by atoms with van der Waals surface area (Å²) in [4.78, 5) is 3.72. The zero-order valence-electron chi connectivity index (χ0n) is 7.23. The zero-order valence-corrected chi connectivity index (χ0v) is 8.80. The highest BCUT2D eigenvalue weighted by Crippen LogP contribution is 2.19. The van der Waals surface area contributed by atoms with E-state index in [2.05, 4.69) is 4.98 Å². The summed E-state index contributed by atoms with van der Waals surface area (Å²) in [6.45, 7) is 0. The van der Waals surface area contributed by atoms with Crippen LogP contribution in [0, 0.1) is 0 Å². The summed E-state index contributed by atoms with van der Waals surface area (Å²) in [5, 5.41) is -0.00352. The lowest BCUT2D eigenvalue weighted by Crippen LogP contribution is -2.22. The fraction of sp³-hybridized carbons (Fsp3) is 0.286. The molecule has 0 aromatic carbocycles. The average Bonchev–Trinajstić information content (AvgIpc) is 2.04. The van der Waals surface area contributed by atoms with Crippen LogP contribution in [0.25, 0.3) is 0 Å². The Hall–Kier alpha value is -0.650. The zero-order chi connectivity index (χ0) is 10.1. The molecule has 13 heavy (non-hydrogen) atoms. The Morgan fingerprint density at radius 1 is 1.46 bits per heavy atom. The third-order valence-electron chi connectivity index (χ3n) is 1.48. The maximum Gasteiger partial charge on any atom is 0.245 e. The van der Waals surface area contributed by atoms with Crippen molar-refractivity contribution < 1.29 is 8.42 Å². The van der Waals surface area contributed by atoms with E-state index in [0.717, 1.165) is 4.31 Å². The standard InChI is InChI=1S/C7H9ClN2O2S/c1-10(2)13(11,12)6-4-3-5-9-7(6)8/h3-5H,1-2H3. The van der Waals surface area contributed by atoms with Gasteiger partial charge in [-0.05, 0) is 12.1 Å². The molecule has 1 aromatic rings. The second kappa shape index (κ2) is 3.61. The number of aromatic nitrogens is 1. The van der Waals surface area contributed by atoms with Gasteiger partial charge in [0.2, 0.25) is 10.0 Å². The third kappa shape index (κ3) is 1.99. The maximum absolute atomic E-state index is 11.6. The molecule has 0 N–H and O–H groups in total. The Morgan fingerprint density at radius 3 is 2.54 bits per heavy atom. The second-order valence-corrected chi connectivity index (χ2v) is 5.06. The van der Waals surface area contributed by atoms with Gasteiger partial charge in [-0.25, -0.2) is 17.7 Å². The van der Waals surface area contributed by atoms with Gasteiger partial charge in [0.15, 0.2) is 0 Å². The van der Waals surface area contributed by atoms with Gasteiger partial charge in [-0.2, -0.15) is 0 Å². The molecular weight excluding hydrogens is 212 g/mol. The Bertz CT molecular complexity index is 403. The summed E-state index contributed by atoms with van der Waals surface area (Å²) in [7, 11) is -0.582. The highest BCUT2D eigenvalue weighted by atomic mass is 35.5. The van der Waals surface area contributed by atoms with Crippen LogP contribution < -0.4 is 0 Å². The first-order valence-corrected chi connectivity index (χ1v) is 5.31. The number of halogens is 1. The summed E-state index contributed by atoms with van der Waals surface area (Å²) >= 11 is 5.64. The number of rotatable bonds is 2. The Kier molecular flexibility index (Phi) is 2.90. The first kappa shape index (κ1) is 10.4. The molecule has 0 fully saturated rings. The average molecular weight is 221 g/mol. The monoisotopic (exact) mass is 220 g/mol. The van der Waals surface area contributed by atoms with Crippen LogP contribution in [0.3, 0.4) is 0 Å². The van der Waals surface area contributed by atoms with Crippen LogP contribution in [-0.2, 0) is 10.0 Å². The molecule has 0 bridgehead atoms. The van der Waals surface area contributed by atoms with Crippen LogP contribution in [0.15, 0.2) is 23.2 Å². The van der Waals surface area contributed by atoms with E-state index in [4.69, 9.17) is 11.6 Å². The number of nitrogens with zero attached hydrogens (tertiary/aromatic N) is 2. The second-order valence-electron chi connectivity index (χ2n) is 2.58. The molecule has 0 amide bonds.